The van der Waals surface area contributed by atoms with Gasteiger partial charge in [0.1, 0.15) is 5.78 Å². The topological polar surface area (TPSA) is 43.1 Å². The average Bonchev–Trinajstić information content (AvgIpc) is 2.34. The van der Waals surface area contributed by atoms with Crippen LogP contribution in [0.2, 0.25) is 0 Å². The number of Topliss-reactive ketones (excluding diaryl/α,β-unsaturated/α-hetero) is 1. The molecule has 0 saturated heterocycles. The molecule has 0 aromatic heterocycles. The average molecular weight is 247 g/mol. The number of carbonyl (C=O) groups excluding carboxylic acids is 1. The number of hydrogen-bond acceptors (Lipinski definition) is 2. The molecular formula is C16H25NO. The van der Waals surface area contributed by atoms with Crippen molar-refractivity contribution < 1.29 is 4.79 Å². The first-order chi connectivity index (χ1) is 8.31. The number of rotatable bonds is 5. The van der Waals surface area contributed by atoms with E-state index in [1.165, 1.54) is 0 Å². The molecule has 0 spiro atoms. The molecule has 0 aliphatic carbocycles. The van der Waals surface area contributed by atoms with Gasteiger partial charge in [-0.05, 0) is 17.4 Å². The smallest absolute Gasteiger partial charge is 0.137 e. The Morgan fingerprint density at radius 3 is 2.28 bits per heavy atom. The quantitative estimate of drug-likeness (QED) is 0.861. The lowest BCUT2D eigenvalue weighted by atomic mass is 9.84. The summed E-state index contributed by atoms with van der Waals surface area (Å²) in [7, 11) is 0. The molecule has 0 bridgehead atoms. The zero-order chi connectivity index (χ0) is 13.8. The molecule has 0 heterocycles. The monoisotopic (exact) mass is 247 g/mol. The Morgan fingerprint density at radius 2 is 1.78 bits per heavy atom. The third-order valence-corrected chi connectivity index (χ3v) is 3.35. The predicted octanol–water partition coefficient (Wildman–Crippen LogP) is 3.72. The molecule has 0 radical (unpaired) electrons. The van der Waals surface area contributed by atoms with Crippen LogP contribution in [0.15, 0.2) is 30.3 Å². The van der Waals surface area contributed by atoms with Crippen LogP contribution in [0.5, 0.6) is 0 Å². The van der Waals surface area contributed by atoms with Crippen LogP contribution < -0.4 is 5.73 Å². The van der Waals surface area contributed by atoms with Crippen LogP contribution in [0.3, 0.4) is 0 Å². The maximum absolute atomic E-state index is 12.1. The largest absolute Gasteiger partial charge is 0.323 e. The van der Waals surface area contributed by atoms with Crippen molar-refractivity contribution in [3.63, 3.8) is 0 Å². The Balaban J connectivity index is 2.59. The summed E-state index contributed by atoms with van der Waals surface area (Å²) in [5, 5.41) is 0. The molecule has 100 valence electrons. The van der Waals surface area contributed by atoms with Crippen molar-refractivity contribution >= 4 is 5.78 Å². The second-order valence-electron chi connectivity index (χ2n) is 6.25. The third-order valence-electron chi connectivity index (χ3n) is 3.35. The van der Waals surface area contributed by atoms with E-state index in [0.29, 0.717) is 6.42 Å². The first kappa shape index (κ1) is 14.9. The molecule has 2 unspecified atom stereocenters. The first-order valence-electron chi connectivity index (χ1n) is 6.64. The Bertz CT molecular complexity index is 378. The number of ketones is 1. The third kappa shape index (κ3) is 4.61. The Labute approximate surface area is 111 Å². The van der Waals surface area contributed by atoms with E-state index < -0.39 is 0 Å². The van der Waals surface area contributed by atoms with Gasteiger partial charge in [-0.1, -0.05) is 58.0 Å². The van der Waals surface area contributed by atoms with Crippen molar-refractivity contribution in [2.45, 2.75) is 46.6 Å². The maximum Gasteiger partial charge on any atom is 0.137 e. The van der Waals surface area contributed by atoms with E-state index in [-0.39, 0.29) is 23.2 Å². The molecule has 2 N–H and O–H groups in total. The highest BCUT2D eigenvalue weighted by Crippen LogP contribution is 2.25. The fourth-order valence-corrected chi connectivity index (χ4v) is 1.89. The summed E-state index contributed by atoms with van der Waals surface area (Å²) in [5.41, 5.74) is 7.39. The van der Waals surface area contributed by atoms with Crippen molar-refractivity contribution in [1.82, 2.24) is 0 Å². The standard InChI is InChI=1S/C16H25NO/c1-12(14(18)10-11-16(2,3)4)15(17)13-8-6-5-7-9-13/h5-9,12,15H,10-11,17H2,1-4H3. The molecule has 0 saturated carbocycles. The molecule has 0 fully saturated rings. The highest BCUT2D eigenvalue weighted by Gasteiger charge is 2.23. The van der Waals surface area contributed by atoms with Crippen molar-refractivity contribution in [3.05, 3.63) is 35.9 Å². The van der Waals surface area contributed by atoms with E-state index >= 15 is 0 Å². The number of carbonyl (C=O) groups is 1. The van der Waals surface area contributed by atoms with E-state index in [2.05, 4.69) is 20.8 Å². The van der Waals surface area contributed by atoms with E-state index in [9.17, 15) is 4.79 Å². The van der Waals surface area contributed by atoms with Crippen LogP contribution >= 0.6 is 0 Å². The van der Waals surface area contributed by atoms with Gasteiger partial charge in [0.25, 0.3) is 0 Å². The lowest BCUT2D eigenvalue weighted by Crippen LogP contribution is -2.26. The molecule has 0 aliphatic heterocycles. The van der Waals surface area contributed by atoms with Gasteiger partial charge in [0.05, 0.1) is 0 Å². The lowest BCUT2D eigenvalue weighted by molar-refractivity contribution is -0.123. The van der Waals surface area contributed by atoms with Gasteiger partial charge in [-0.3, -0.25) is 4.79 Å². The van der Waals surface area contributed by atoms with Crippen LogP contribution in [0, 0.1) is 11.3 Å². The Morgan fingerprint density at radius 1 is 1.22 bits per heavy atom. The van der Waals surface area contributed by atoms with Crippen LogP contribution in [0.4, 0.5) is 0 Å². The lowest BCUT2D eigenvalue weighted by Gasteiger charge is -2.22. The highest BCUT2D eigenvalue weighted by molar-refractivity contribution is 5.81. The molecule has 18 heavy (non-hydrogen) atoms. The number of nitrogens with two attached hydrogens (primary N) is 1. The van der Waals surface area contributed by atoms with E-state index in [0.717, 1.165) is 12.0 Å². The molecule has 1 rings (SSSR count). The minimum absolute atomic E-state index is 0.116. The molecule has 2 heteroatoms. The van der Waals surface area contributed by atoms with Crippen molar-refractivity contribution in [2.24, 2.45) is 17.1 Å². The first-order valence-corrected chi connectivity index (χ1v) is 6.64. The van der Waals surface area contributed by atoms with Gasteiger partial charge in [-0.15, -0.1) is 0 Å². The number of hydrogen-bond donors (Lipinski definition) is 1. The molecular weight excluding hydrogens is 222 g/mol. The molecule has 2 nitrogen and oxygen atoms in total. The van der Waals surface area contributed by atoms with Gasteiger partial charge >= 0.3 is 0 Å². The molecule has 0 aliphatic rings. The van der Waals surface area contributed by atoms with Crippen molar-refractivity contribution in [2.75, 3.05) is 0 Å². The predicted molar refractivity (Wildman–Crippen MR) is 76.2 cm³/mol. The van der Waals surface area contributed by atoms with Crippen LogP contribution in [0.25, 0.3) is 0 Å². The minimum Gasteiger partial charge on any atom is -0.323 e. The second kappa shape index (κ2) is 6.14. The van der Waals surface area contributed by atoms with Crippen LogP contribution in [-0.4, -0.2) is 5.78 Å². The summed E-state index contributed by atoms with van der Waals surface area (Å²) in [6, 6.07) is 9.65. The van der Waals surface area contributed by atoms with E-state index in [1.54, 1.807) is 0 Å². The number of benzene rings is 1. The van der Waals surface area contributed by atoms with Gasteiger partial charge in [0, 0.05) is 18.4 Å². The zero-order valence-corrected chi connectivity index (χ0v) is 11.9. The normalized spacial score (nSPS) is 15.2. The minimum atomic E-state index is -0.196. The SMILES string of the molecule is CC(C(=O)CCC(C)(C)C)C(N)c1ccccc1. The van der Waals surface area contributed by atoms with E-state index in [1.807, 2.05) is 37.3 Å². The Kier molecular flexibility index (Phi) is 5.09. The molecule has 1 aromatic carbocycles. The summed E-state index contributed by atoms with van der Waals surface area (Å²) < 4.78 is 0. The zero-order valence-electron chi connectivity index (χ0n) is 11.9. The van der Waals surface area contributed by atoms with Crippen molar-refractivity contribution in [1.29, 1.82) is 0 Å². The van der Waals surface area contributed by atoms with E-state index in [4.69, 9.17) is 5.73 Å². The molecule has 0 amide bonds. The Hall–Kier alpha value is -1.15. The van der Waals surface area contributed by atoms with Gasteiger partial charge in [-0.25, -0.2) is 0 Å². The molecule has 2 atom stereocenters. The van der Waals surface area contributed by atoms with Crippen LogP contribution in [0.1, 0.15) is 52.1 Å². The maximum atomic E-state index is 12.1. The summed E-state index contributed by atoms with van der Waals surface area (Å²) in [5.74, 6) is 0.149. The van der Waals surface area contributed by atoms with Crippen molar-refractivity contribution in [3.8, 4) is 0 Å². The summed E-state index contributed by atoms with van der Waals surface area (Å²) in [6.07, 6.45) is 1.53. The van der Waals surface area contributed by atoms with Crippen LogP contribution in [-0.2, 0) is 4.79 Å². The summed E-state index contributed by atoms with van der Waals surface area (Å²) in [6.45, 7) is 8.40. The van der Waals surface area contributed by atoms with Gasteiger partial charge < -0.3 is 5.73 Å². The van der Waals surface area contributed by atoms with Gasteiger partial charge in [-0.2, -0.15) is 0 Å². The molecule has 1 aromatic rings. The van der Waals surface area contributed by atoms with Gasteiger partial charge in [0.15, 0.2) is 0 Å². The fourth-order valence-electron chi connectivity index (χ4n) is 1.89. The summed E-state index contributed by atoms with van der Waals surface area (Å²) >= 11 is 0. The summed E-state index contributed by atoms with van der Waals surface area (Å²) in [4.78, 5) is 12.1. The fraction of sp³-hybridized carbons (Fsp3) is 0.562. The second-order valence-corrected chi connectivity index (χ2v) is 6.25. The van der Waals surface area contributed by atoms with Gasteiger partial charge in [0.2, 0.25) is 0 Å². The highest BCUT2D eigenvalue weighted by atomic mass is 16.1.